The van der Waals surface area contributed by atoms with E-state index in [1.807, 2.05) is 0 Å². The predicted molar refractivity (Wildman–Crippen MR) is 114 cm³/mol. The fraction of sp³-hybridized carbons (Fsp3) is 0.100. The van der Waals surface area contributed by atoms with Gasteiger partial charge in [-0.25, -0.2) is 13.4 Å². The summed E-state index contributed by atoms with van der Waals surface area (Å²) in [4.78, 5) is 26.0. The van der Waals surface area contributed by atoms with Crippen molar-refractivity contribution in [3.63, 3.8) is 0 Å². The molecule has 1 aromatic heterocycles. The zero-order chi connectivity index (χ0) is 23.3. The van der Waals surface area contributed by atoms with Gasteiger partial charge >= 0.3 is 5.69 Å². The zero-order valence-electron chi connectivity index (χ0n) is 16.7. The average molecular weight is 458 g/mol. The number of rotatable bonds is 8. The summed E-state index contributed by atoms with van der Waals surface area (Å²) in [6.07, 6.45) is 1.57. The first-order chi connectivity index (χ1) is 15.2. The van der Waals surface area contributed by atoms with E-state index in [-0.39, 0.29) is 18.1 Å². The number of phenols is 1. The number of anilines is 1. The van der Waals surface area contributed by atoms with Gasteiger partial charge in [0.2, 0.25) is 5.88 Å². The minimum absolute atomic E-state index is 0.150. The van der Waals surface area contributed by atoms with Crippen LogP contribution in [0.5, 0.6) is 11.6 Å². The number of nitro groups is 1. The standard InChI is InChI=1S/C20H18N4O7S/c1-31-19-9-2-13(11-21-19)12-22-20(26)14-3-5-15(6-4-14)23-32(29,30)16-7-8-18(25)17(10-16)24(27)28/h2-11,23,25H,12H2,1H3,(H,22,26). The summed E-state index contributed by atoms with van der Waals surface area (Å²) in [5, 5.41) is 23.1. The molecule has 2 aromatic carbocycles. The lowest BCUT2D eigenvalue weighted by Crippen LogP contribution is -2.22. The van der Waals surface area contributed by atoms with Crippen molar-refractivity contribution in [2.45, 2.75) is 11.4 Å². The number of nitrogens with one attached hydrogen (secondary N) is 2. The lowest BCUT2D eigenvalue weighted by atomic mass is 10.2. The highest BCUT2D eigenvalue weighted by molar-refractivity contribution is 7.92. The summed E-state index contributed by atoms with van der Waals surface area (Å²) in [5.41, 5.74) is 0.491. The molecule has 0 atom stereocenters. The molecule has 1 amide bonds. The number of aromatic nitrogens is 1. The molecular formula is C20H18N4O7S. The van der Waals surface area contributed by atoms with Gasteiger partial charge in [0.05, 0.1) is 16.9 Å². The van der Waals surface area contributed by atoms with Gasteiger partial charge in [-0.15, -0.1) is 0 Å². The van der Waals surface area contributed by atoms with Crippen molar-refractivity contribution in [3.05, 3.63) is 82.0 Å². The van der Waals surface area contributed by atoms with Crippen LogP contribution >= 0.6 is 0 Å². The number of nitrogens with zero attached hydrogens (tertiary/aromatic N) is 2. The second-order valence-corrected chi connectivity index (χ2v) is 8.16. The van der Waals surface area contributed by atoms with Crippen molar-refractivity contribution in [2.24, 2.45) is 0 Å². The summed E-state index contributed by atoms with van der Waals surface area (Å²) >= 11 is 0. The van der Waals surface area contributed by atoms with E-state index in [4.69, 9.17) is 4.74 Å². The SMILES string of the molecule is COc1ccc(CNC(=O)c2ccc(NS(=O)(=O)c3ccc(O)c([N+](=O)[O-])c3)cc2)cn1. The van der Waals surface area contributed by atoms with E-state index < -0.39 is 31.3 Å². The van der Waals surface area contributed by atoms with Crippen LogP contribution in [0.1, 0.15) is 15.9 Å². The van der Waals surface area contributed by atoms with Gasteiger partial charge < -0.3 is 15.2 Å². The molecule has 0 radical (unpaired) electrons. The summed E-state index contributed by atoms with van der Waals surface area (Å²) in [6.45, 7) is 0.240. The summed E-state index contributed by atoms with van der Waals surface area (Å²) in [7, 11) is -2.65. The van der Waals surface area contributed by atoms with Crippen LogP contribution in [0.15, 0.2) is 65.7 Å². The average Bonchev–Trinajstić information content (AvgIpc) is 2.78. The van der Waals surface area contributed by atoms with Gasteiger partial charge in [0, 0.05) is 36.1 Å². The number of phenolic OH excluding ortho intramolecular Hbond substituents is 1. The van der Waals surface area contributed by atoms with Crippen molar-refractivity contribution in [3.8, 4) is 11.6 Å². The number of pyridine rings is 1. The highest BCUT2D eigenvalue weighted by atomic mass is 32.2. The monoisotopic (exact) mass is 458 g/mol. The van der Waals surface area contributed by atoms with Crippen molar-refractivity contribution in [2.75, 3.05) is 11.8 Å². The van der Waals surface area contributed by atoms with Crippen LogP contribution in [0.3, 0.4) is 0 Å². The van der Waals surface area contributed by atoms with E-state index in [0.29, 0.717) is 11.4 Å². The smallest absolute Gasteiger partial charge is 0.312 e. The van der Waals surface area contributed by atoms with Crippen molar-refractivity contribution >= 4 is 27.3 Å². The quantitative estimate of drug-likeness (QED) is 0.343. The Balaban J connectivity index is 1.66. The Morgan fingerprint density at radius 3 is 2.47 bits per heavy atom. The number of ether oxygens (including phenoxy) is 1. The number of hydrogen-bond acceptors (Lipinski definition) is 8. The summed E-state index contributed by atoms with van der Waals surface area (Å²) < 4.78 is 32.2. The van der Waals surface area contributed by atoms with E-state index in [0.717, 1.165) is 23.8 Å². The molecule has 0 aliphatic carbocycles. The second-order valence-electron chi connectivity index (χ2n) is 6.48. The molecule has 0 saturated carbocycles. The number of hydrogen-bond donors (Lipinski definition) is 3. The maximum atomic E-state index is 12.5. The van der Waals surface area contributed by atoms with Crippen LogP contribution < -0.4 is 14.8 Å². The van der Waals surface area contributed by atoms with E-state index in [1.54, 1.807) is 18.3 Å². The molecule has 1 heterocycles. The molecule has 12 heteroatoms. The number of carbonyl (C=O) groups excluding carboxylic acids is 1. The van der Waals surface area contributed by atoms with Crippen LogP contribution in [0.4, 0.5) is 11.4 Å². The molecule has 0 aliphatic rings. The maximum Gasteiger partial charge on any atom is 0.312 e. The van der Waals surface area contributed by atoms with Crippen molar-refractivity contribution < 1.29 is 28.0 Å². The minimum Gasteiger partial charge on any atom is -0.502 e. The van der Waals surface area contributed by atoms with Gasteiger partial charge in [0.1, 0.15) is 0 Å². The van der Waals surface area contributed by atoms with Crippen LogP contribution in [0.2, 0.25) is 0 Å². The largest absolute Gasteiger partial charge is 0.502 e. The minimum atomic E-state index is -4.15. The molecule has 0 fully saturated rings. The molecule has 0 bridgehead atoms. The van der Waals surface area contributed by atoms with Gasteiger partial charge in [-0.1, -0.05) is 6.07 Å². The molecule has 11 nitrogen and oxygen atoms in total. The van der Waals surface area contributed by atoms with Crippen molar-refractivity contribution in [1.29, 1.82) is 0 Å². The number of nitro benzene ring substituents is 1. The van der Waals surface area contributed by atoms with Crippen LogP contribution in [-0.4, -0.2) is 36.4 Å². The molecule has 0 aliphatic heterocycles. The Kier molecular flexibility index (Phi) is 6.54. The fourth-order valence-electron chi connectivity index (χ4n) is 2.64. The number of carbonyl (C=O) groups is 1. The lowest BCUT2D eigenvalue weighted by molar-refractivity contribution is -0.386. The fourth-order valence-corrected chi connectivity index (χ4v) is 3.72. The number of amides is 1. The number of sulfonamides is 1. The van der Waals surface area contributed by atoms with E-state index in [9.17, 15) is 28.4 Å². The number of methoxy groups -OCH3 is 1. The Hall–Kier alpha value is -4.19. The first kappa shape index (κ1) is 22.5. The van der Waals surface area contributed by atoms with E-state index in [1.165, 1.54) is 31.4 Å². The molecule has 166 valence electrons. The topological polar surface area (TPSA) is 161 Å². The van der Waals surface area contributed by atoms with Gasteiger partial charge in [-0.3, -0.25) is 19.6 Å². The highest BCUT2D eigenvalue weighted by Gasteiger charge is 2.21. The summed E-state index contributed by atoms with van der Waals surface area (Å²) in [5.74, 6) is -0.556. The number of aromatic hydroxyl groups is 1. The molecular weight excluding hydrogens is 440 g/mol. The molecule has 32 heavy (non-hydrogen) atoms. The van der Waals surface area contributed by atoms with E-state index >= 15 is 0 Å². The Labute approximate surface area is 182 Å². The van der Waals surface area contributed by atoms with Gasteiger partial charge in [0.15, 0.2) is 5.75 Å². The summed E-state index contributed by atoms with van der Waals surface area (Å²) in [6, 6.07) is 11.8. The molecule has 0 spiro atoms. The van der Waals surface area contributed by atoms with Crippen LogP contribution in [0.25, 0.3) is 0 Å². The Bertz CT molecular complexity index is 1240. The van der Waals surface area contributed by atoms with Gasteiger partial charge in [0.25, 0.3) is 15.9 Å². The highest BCUT2D eigenvalue weighted by Crippen LogP contribution is 2.29. The van der Waals surface area contributed by atoms with Crippen LogP contribution in [0, 0.1) is 10.1 Å². The Morgan fingerprint density at radius 1 is 1.16 bits per heavy atom. The first-order valence-corrected chi connectivity index (χ1v) is 10.6. The molecule has 3 rings (SSSR count). The van der Waals surface area contributed by atoms with Crippen LogP contribution in [-0.2, 0) is 16.6 Å². The molecule has 3 N–H and O–H groups in total. The lowest BCUT2D eigenvalue weighted by Gasteiger charge is -2.10. The number of benzene rings is 2. The second kappa shape index (κ2) is 9.31. The third-order valence-corrected chi connectivity index (χ3v) is 5.69. The zero-order valence-corrected chi connectivity index (χ0v) is 17.5. The molecule has 3 aromatic rings. The Morgan fingerprint density at radius 2 is 1.88 bits per heavy atom. The van der Waals surface area contributed by atoms with Crippen molar-refractivity contribution in [1.82, 2.24) is 10.3 Å². The van der Waals surface area contributed by atoms with Gasteiger partial charge in [-0.05, 0) is 42.0 Å². The maximum absolute atomic E-state index is 12.5. The molecule has 0 saturated heterocycles. The first-order valence-electron chi connectivity index (χ1n) is 9.07. The third-order valence-electron chi connectivity index (χ3n) is 4.31. The molecule has 0 unspecified atom stereocenters. The normalized spacial score (nSPS) is 10.9. The third kappa shape index (κ3) is 5.29. The van der Waals surface area contributed by atoms with E-state index in [2.05, 4.69) is 15.0 Å². The van der Waals surface area contributed by atoms with Gasteiger partial charge in [-0.2, -0.15) is 0 Å². The predicted octanol–water partition coefficient (Wildman–Crippen LogP) is 2.43.